The van der Waals surface area contributed by atoms with Crippen LogP contribution in [0.5, 0.6) is 0 Å². The van der Waals surface area contributed by atoms with Crippen LogP contribution in [0, 0.1) is 13.8 Å². The Balaban J connectivity index is 1.70. The third-order valence-corrected chi connectivity index (χ3v) is 5.28. The van der Waals surface area contributed by atoms with Gasteiger partial charge >= 0.3 is 0 Å². The average Bonchev–Trinajstić information content (AvgIpc) is 3.09. The van der Waals surface area contributed by atoms with Crippen molar-refractivity contribution in [3.63, 3.8) is 0 Å². The van der Waals surface area contributed by atoms with Crippen LogP contribution >= 0.6 is 11.3 Å². The molecule has 0 N–H and O–H groups in total. The van der Waals surface area contributed by atoms with Crippen molar-refractivity contribution in [1.29, 1.82) is 0 Å². The SMILES string of the molecule is Cc1cc(N2CCc3cccc(C)c3C2)nc(-c2cccs2)n1. The molecule has 0 radical (unpaired) electrons. The highest BCUT2D eigenvalue weighted by atomic mass is 32.1. The van der Waals surface area contributed by atoms with Crippen LogP contribution in [0.4, 0.5) is 5.82 Å². The van der Waals surface area contributed by atoms with Gasteiger partial charge in [-0.2, -0.15) is 0 Å². The fourth-order valence-corrected chi connectivity index (χ4v) is 3.83. The standard InChI is InChI=1S/C19H19N3S/c1-13-5-3-6-15-8-9-22(12-16(13)15)18-11-14(2)20-19(21-18)17-7-4-10-23-17/h3-7,10-11H,8-9,12H2,1-2H3. The second-order valence-corrected chi connectivity index (χ2v) is 7.00. The van der Waals surface area contributed by atoms with E-state index in [0.717, 1.165) is 41.7 Å². The lowest BCUT2D eigenvalue weighted by atomic mass is 9.95. The van der Waals surface area contributed by atoms with Crippen LogP contribution in [0.25, 0.3) is 10.7 Å². The molecule has 3 heterocycles. The number of fused-ring (bicyclic) bond motifs is 1. The number of aromatic nitrogens is 2. The highest BCUT2D eigenvalue weighted by Crippen LogP contribution is 2.28. The molecule has 0 saturated heterocycles. The zero-order valence-corrected chi connectivity index (χ0v) is 14.2. The molecule has 116 valence electrons. The molecule has 1 aromatic carbocycles. The van der Waals surface area contributed by atoms with Crippen molar-refractivity contribution in [1.82, 2.24) is 9.97 Å². The molecule has 0 aliphatic carbocycles. The molecule has 0 amide bonds. The molecule has 1 aliphatic heterocycles. The first kappa shape index (κ1) is 14.4. The van der Waals surface area contributed by atoms with Crippen molar-refractivity contribution in [2.75, 3.05) is 11.4 Å². The number of benzene rings is 1. The van der Waals surface area contributed by atoms with Gasteiger partial charge in [0.15, 0.2) is 5.82 Å². The number of rotatable bonds is 2. The second-order valence-electron chi connectivity index (χ2n) is 6.05. The van der Waals surface area contributed by atoms with E-state index in [1.807, 2.05) is 13.0 Å². The van der Waals surface area contributed by atoms with Gasteiger partial charge in [0.05, 0.1) is 4.88 Å². The van der Waals surface area contributed by atoms with E-state index in [1.54, 1.807) is 11.3 Å². The summed E-state index contributed by atoms with van der Waals surface area (Å²) in [5.41, 5.74) is 5.32. The predicted octanol–water partition coefficient (Wildman–Crippen LogP) is 4.38. The van der Waals surface area contributed by atoms with Gasteiger partial charge in [-0.25, -0.2) is 9.97 Å². The van der Waals surface area contributed by atoms with Crippen LogP contribution in [0.3, 0.4) is 0 Å². The molecule has 0 bridgehead atoms. The summed E-state index contributed by atoms with van der Waals surface area (Å²) >= 11 is 1.69. The molecule has 2 aromatic heterocycles. The van der Waals surface area contributed by atoms with Crippen LogP contribution in [0.15, 0.2) is 41.8 Å². The van der Waals surface area contributed by atoms with Gasteiger partial charge in [-0.05, 0) is 48.4 Å². The first-order valence-corrected chi connectivity index (χ1v) is 8.80. The van der Waals surface area contributed by atoms with Crippen LogP contribution in [0.1, 0.15) is 22.4 Å². The Kier molecular flexibility index (Phi) is 3.62. The molecule has 4 heteroatoms. The average molecular weight is 321 g/mol. The van der Waals surface area contributed by atoms with E-state index < -0.39 is 0 Å². The summed E-state index contributed by atoms with van der Waals surface area (Å²) in [4.78, 5) is 12.9. The second kappa shape index (κ2) is 5.78. The van der Waals surface area contributed by atoms with Crippen molar-refractivity contribution < 1.29 is 0 Å². The minimum absolute atomic E-state index is 0.839. The molecule has 3 aromatic rings. The third-order valence-electron chi connectivity index (χ3n) is 4.41. The lowest BCUT2D eigenvalue weighted by Gasteiger charge is -2.31. The molecule has 0 spiro atoms. The van der Waals surface area contributed by atoms with Crippen LogP contribution in [-0.4, -0.2) is 16.5 Å². The lowest BCUT2D eigenvalue weighted by Crippen LogP contribution is -2.31. The Morgan fingerprint density at radius 1 is 1.09 bits per heavy atom. The van der Waals surface area contributed by atoms with E-state index in [-0.39, 0.29) is 0 Å². The molecule has 0 unspecified atom stereocenters. The summed E-state index contributed by atoms with van der Waals surface area (Å²) in [7, 11) is 0. The fourth-order valence-electron chi connectivity index (χ4n) is 3.17. The minimum Gasteiger partial charge on any atom is -0.352 e. The van der Waals surface area contributed by atoms with Gasteiger partial charge in [0, 0.05) is 24.8 Å². The van der Waals surface area contributed by atoms with Crippen LogP contribution in [0.2, 0.25) is 0 Å². The topological polar surface area (TPSA) is 29.0 Å². The molecular weight excluding hydrogens is 302 g/mol. The number of nitrogens with zero attached hydrogens (tertiary/aromatic N) is 3. The number of hydrogen-bond donors (Lipinski definition) is 0. The first-order chi connectivity index (χ1) is 11.2. The van der Waals surface area contributed by atoms with E-state index in [0.29, 0.717) is 0 Å². The number of anilines is 1. The summed E-state index contributed by atoms with van der Waals surface area (Å²) in [6, 6.07) is 12.8. The fraction of sp³-hybridized carbons (Fsp3) is 0.263. The Bertz CT molecular complexity index is 840. The summed E-state index contributed by atoms with van der Waals surface area (Å²) < 4.78 is 0. The third kappa shape index (κ3) is 2.75. The van der Waals surface area contributed by atoms with Crippen LogP contribution in [-0.2, 0) is 13.0 Å². The van der Waals surface area contributed by atoms with Gasteiger partial charge in [0.2, 0.25) is 0 Å². The van der Waals surface area contributed by atoms with Gasteiger partial charge < -0.3 is 4.90 Å². The summed E-state index contributed by atoms with van der Waals surface area (Å²) in [6.45, 7) is 6.19. The van der Waals surface area contributed by atoms with Crippen molar-refractivity contribution >= 4 is 17.2 Å². The quantitative estimate of drug-likeness (QED) is 0.701. The van der Waals surface area contributed by atoms with Gasteiger partial charge in [-0.3, -0.25) is 0 Å². The Labute approximate surface area is 140 Å². The highest BCUT2D eigenvalue weighted by molar-refractivity contribution is 7.13. The molecule has 0 fully saturated rings. The molecule has 23 heavy (non-hydrogen) atoms. The number of aryl methyl sites for hydroxylation is 2. The normalized spacial score (nSPS) is 13.9. The highest BCUT2D eigenvalue weighted by Gasteiger charge is 2.20. The molecule has 3 nitrogen and oxygen atoms in total. The van der Waals surface area contributed by atoms with Gasteiger partial charge in [0.1, 0.15) is 5.82 Å². The van der Waals surface area contributed by atoms with Crippen molar-refractivity contribution in [3.05, 3.63) is 64.2 Å². The monoisotopic (exact) mass is 321 g/mol. The molecule has 4 rings (SSSR count). The van der Waals surface area contributed by atoms with E-state index in [2.05, 4.69) is 52.5 Å². The van der Waals surface area contributed by atoms with Crippen molar-refractivity contribution in [2.24, 2.45) is 0 Å². The predicted molar refractivity (Wildman–Crippen MR) is 96.0 cm³/mol. The number of thiophene rings is 1. The zero-order valence-electron chi connectivity index (χ0n) is 13.4. The maximum atomic E-state index is 4.83. The zero-order chi connectivity index (χ0) is 15.8. The van der Waals surface area contributed by atoms with E-state index >= 15 is 0 Å². The minimum atomic E-state index is 0.839. The van der Waals surface area contributed by atoms with E-state index in [4.69, 9.17) is 4.98 Å². The lowest BCUT2D eigenvalue weighted by molar-refractivity contribution is 0.715. The smallest absolute Gasteiger partial charge is 0.171 e. The van der Waals surface area contributed by atoms with Gasteiger partial charge in [0.25, 0.3) is 0 Å². The molecule has 0 saturated carbocycles. The maximum Gasteiger partial charge on any atom is 0.171 e. The summed E-state index contributed by atoms with van der Waals surface area (Å²) in [5, 5.41) is 2.07. The van der Waals surface area contributed by atoms with Crippen molar-refractivity contribution in [3.8, 4) is 10.7 Å². The van der Waals surface area contributed by atoms with Gasteiger partial charge in [-0.15, -0.1) is 11.3 Å². The maximum absolute atomic E-state index is 4.83. The Morgan fingerprint density at radius 3 is 2.83 bits per heavy atom. The Hall–Kier alpha value is -2.20. The molecular formula is C19H19N3S. The van der Waals surface area contributed by atoms with Crippen molar-refractivity contribution in [2.45, 2.75) is 26.8 Å². The largest absolute Gasteiger partial charge is 0.352 e. The summed E-state index contributed by atoms with van der Waals surface area (Å²) in [5.74, 6) is 1.88. The van der Waals surface area contributed by atoms with Gasteiger partial charge in [-0.1, -0.05) is 24.3 Å². The Morgan fingerprint density at radius 2 is 2.00 bits per heavy atom. The first-order valence-electron chi connectivity index (χ1n) is 7.92. The van der Waals surface area contributed by atoms with Crippen LogP contribution < -0.4 is 4.90 Å². The van der Waals surface area contributed by atoms with E-state index in [9.17, 15) is 0 Å². The van der Waals surface area contributed by atoms with E-state index in [1.165, 1.54) is 16.7 Å². The molecule has 1 aliphatic rings. The summed E-state index contributed by atoms with van der Waals surface area (Å²) in [6.07, 6.45) is 1.08. The molecule has 0 atom stereocenters. The number of hydrogen-bond acceptors (Lipinski definition) is 4.